The first-order valence-electron chi connectivity index (χ1n) is 7.14. The highest BCUT2D eigenvalue weighted by Crippen LogP contribution is 2.27. The average Bonchev–Trinajstić information content (AvgIpc) is 2.49. The van der Waals surface area contributed by atoms with E-state index in [9.17, 15) is 9.59 Å². The van der Waals surface area contributed by atoms with Gasteiger partial charge in [0.25, 0.3) is 0 Å². The Morgan fingerprint density at radius 3 is 2.55 bits per heavy atom. The van der Waals surface area contributed by atoms with Crippen LogP contribution >= 0.6 is 27.5 Å². The van der Waals surface area contributed by atoms with Crippen LogP contribution in [0, 0.1) is 0 Å². The molecule has 0 aliphatic carbocycles. The van der Waals surface area contributed by atoms with Crippen molar-refractivity contribution < 1.29 is 14.3 Å². The summed E-state index contributed by atoms with van der Waals surface area (Å²) >= 11 is 9.35. The molecule has 0 aromatic heterocycles. The fourth-order valence-electron chi connectivity index (χ4n) is 1.62. The molecule has 0 saturated carbocycles. The van der Waals surface area contributed by atoms with Crippen molar-refractivity contribution in [3.8, 4) is 5.75 Å². The Kier molecular flexibility index (Phi) is 8.92. The quantitative estimate of drug-likeness (QED) is 0.636. The van der Waals surface area contributed by atoms with Crippen molar-refractivity contribution in [3.63, 3.8) is 0 Å². The van der Waals surface area contributed by atoms with Crippen LogP contribution in [0.25, 0.3) is 0 Å². The molecule has 2 amide bonds. The third-order valence-electron chi connectivity index (χ3n) is 2.79. The van der Waals surface area contributed by atoms with Gasteiger partial charge in [0.1, 0.15) is 5.75 Å². The van der Waals surface area contributed by atoms with E-state index >= 15 is 0 Å². The van der Waals surface area contributed by atoms with E-state index in [1.165, 1.54) is 0 Å². The SMILES string of the molecule is CCC(=O)NCCNC(=O)CCCOc1ccc(Br)cc1Cl. The second-order valence-corrected chi connectivity index (χ2v) is 5.90. The highest BCUT2D eigenvalue weighted by molar-refractivity contribution is 9.10. The van der Waals surface area contributed by atoms with Gasteiger partial charge in [-0.25, -0.2) is 0 Å². The minimum absolute atomic E-state index is 0.0194. The zero-order valence-corrected chi connectivity index (χ0v) is 14.8. The molecule has 0 spiro atoms. The number of hydrogen-bond acceptors (Lipinski definition) is 3. The van der Waals surface area contributed by atoms with Crippen LogP contribution in [0.3, 0.4) is 0 Å². The van der Waals surface area contributed by atoms with E-state index in [-0.39, 0.29) is 11.8 Å². The Morgan fingerprint density at radius 2 is 1.91 bits per heavy atom. The van der Waals surface area contributed by atoms with Crippen LogP contribution in [0.15, 0.2) is 22.7 Å². The van der Waals surface area contributed by atoms with Gasteiger partial charge in [0, 0.05) is 30.4 Å². The molecule has 5 nitrogen and oxygen atoms in total. The zero-order valence-electron chi connectivity index (χ0n) is 12.5. The van der Waals surface area contributed by atoms with Gasteiger partial charge in [0.2, 0.25) is 11.8 Å². The van der Waals surface area contributed by atoms with Crippen molar-refractivity contribution in [1.29, 1.82) is 0 Å². The predicted molar refractivity (Wildman–Crippen MR) is 90.2 cm³/mol. The molecule has 0 atom stereocenters. The topological polar surface area (TPSA) is 67.4 Å². The van der Waals surface area contributed by atoms with Crippen molar-refractivity contribution in [3.05, 3.63) is 27.7 Å². The summed E-state index contributed by atoms with van der Waals surface area (Å²) in [6.07, 6.45) is 1.42. The Balaban J connectivity index is 2.11. The summed E-state index contributed by atoms with van der Waals surface area (Å²) in [5, 5.41) is 5.96. The molecule has 2 N–H and O–H groups in total. The summed E-state index contributed by atoms with van der Waals surface area (Å²) < 4.78 is 6.41. The largest absolute Gasteiger partial charge is 0.492 e. The number of ether oxygens (including phenoxy) is 1. The number of benzene rings is 1. The molecule has 1 aromatic rings. The Morgan fingerprint density at radius 1 is 1.23 bits per heavy atom. The van der Waals surface area contributed by atoms with Gasteiger partial charge in [-0.3, -0.25) is 9.59 Å². The lowest BCUT2D eigenvalue weighted by Crippen LogP contribution is -2.34. The van der Waals surface area contributed by atoms with Crippen LogP contribution in [0.2, 0.25) is 5.02 Å². The molecule has 0 aliphatic heterocycles. The van der Waals surface area contributed by atoms with Crippen molar-refractivity contribution >= 4 is 39.3 Å². The number of hydrogen-bond donors (Lipinski definition) is 2. The molecule has 0 unspecified atom stereocenters. The van der Waals surface area contributed by atoms with E-state index in [2.05, 4.69) is 26.6 Å². The smallest absolute Gasteiger partial charge is 0.220 e. The first-order chi connectivity index (χ1) is 10.5. The molecule has 0 heterocycles. The lowest BCUT2D eigenvalue weighted by atomic mass is 10.3. The van der Waals surface area contributed by atoms with E-state index in [0.29, 0.717) is 49.7 Å². The molecule has 122 valence electrons. The van der Waals surface area contributed by atoms with Gasteiger partial charge in [-0.05, 0) is 24.6 Å². The summed E-state index contributed by atoms with van der Waals surface area (Å²) in [6, 6.07) is 5.38. The molecular weight excluding hydrogens is 372 g/mol. The maximum Gasteiger partial charge on any atom is 0.220 e. The Hall–Kier alpha value is -1.27. The van der Waals surface area contributed by atoms with Gasteiger partial charge in [0.05, 0.1) is 11.6 Å². The van der Waals surface area contributed by atoms with Gasteiger partial charge in [0.15, 0.2) is 0 Å². The van der Waals surface area contributed by atoms with Crippen molar-refractivity contribution in [2.24, 2.45) is 0 Å². The number of nitrogens with one attached hydrogen (secondary N) is 2. The van der Waals surface area contributed by atoms with Crippen LogP contribution < -0.4 is 15.4 Å². The standard InChI is InChI=1S/C15H20BrClN2O3/c1-2-14(20)18-7-8-19-15(21)4-3-9-22-13-6-5-11(16)10-12(13)17/h5-6,10H,2-4,7-9H2,1H3,(H,18,20)(H,19,21). The monoisotopic (exact) mass is 390 g/mol. The van der Waals surface area contributed by atoms with Crippen molar-refractivity contribution in [1.82, 2.24) is 10.6 Å². The van der Waals surface area contributed by atoms with Crippen LogP contribution in [0.1, 0.15) is 26.2 Å². The van der Waals surface area contributed by atoms with E-state index in [0.717, 1.165) is 4.47 Å². The molecule has 0 radical (unpaired) electrons. The van der Waals surface area contributed by atoms with Gasteiger partial charge in [-0.2, -0.15) is 0 Å². The average molecular weight is 392 g/mol. The molecule has 0 fully saturated rings. The number of rotatable bonds is 9. The highest BCUT2D eigenvalue weighted by Gasteiger charge is 2.04. The van der Waals surface area contributed by atoms with Crippen LogP contribution in [-0.2, 0) is 9.59 Å². The molecule has 0 aliphatic rings. The third-order valence-corrected chi connectivity index (χ3v) is 3.58. The zero-order chi connectivity index (χ0) is 16.4. The summed E-state index contributed by atoms with van der Waals surface area (Å²) in [6.45, 7) is 3.08. The first kappa shape index (κ1) is 18.8. The predicted octanol–water partition coefficient (Wildman–Crippen LogP) is 2.90. The number of carbonyl (C=O) groups is 2. The lowest BCUT2D eigenvalue weighted by Gasteiger charge is -2.09. The number of amides is 2. The fraction of sp³-hybridized carbons (Fsp3) is 0.467. The molecule has 7 heteroatoms. The first-order valence-corrected chi connectivity index (χ1v) is 8.31. The van der Waals surface area contributed by atoms with Gasteiger partial charge in [-0.1, -0.05) is 34.5 Å². The highest BCUT2D eigenvalue weighted by atomic mass is 79.9. The van der Waals surface area contributed by atoms with Gasteiger partial charge >= 0.3 is 0 Å². The third kappa shape index (κ3) is 7.66. The van der Waals surface area contributed by atoms with Crippen molar-refractivity contribution in [2.45, 2.75) is 26.2 Å². The molecule has 1 rings (SSSR count). The molecular formula is C15H20BrClN2O3. The summed E-state index contributed by atoms with van der Waals surface area (Å²) in [7, 11) is 0. The molecule has 22 heavy (non-hydrogen) atoms. The van der Waals surface area contributed by atoms with Gasteiger partial charge in [-0.15, -0.1) is 0 Å². The number of halogens is 2. The van der Waals surface area contributed by atoms with Crippen molar-refractivity contribution in [2.75, 3.05) is 19.7 Å². The van der Waals surface area contributed by atoms with E-state index in [1.807, 2.05) is 6.07 Å². The normalized spacial score (nSPS) is 10.1. The molecule has 1 aromatic carbocycles. The Bertz CT molecular complexity index is 512. The second-order valence-electron chi connectivity index (χ2n) is 4.58. The van der Waals surface area contributed by atoms with Gasteiger partial charge < -0.3 is 15.4 Å². The van der Waals surface area contributed by atoms with E-state index in [1.54, 1.807) is 19.1 Å². The molecule has 0 saturated heterocycles. The minimum Gasteiger partial charge on any atom is -0.492 e. The number of carbonyl (C=O) groups excluding carboxylic acids is 2. The van der Waals surface area contributed by atoms with Crippen LogP contribution in [-0.4, -0.2) is 31.5 Å². The summed E-state index contributed by atoms with van der Waals surface area (Å²) in [4.78, 5) is 22.6. The summed E-state index contributed by atoms with van der Waals surface area (Å²) in [5.74, 6) is 0.526. The maximum atomic E-state index is 11.6. The second kappa shape index (κ2) is 10.5. The van der Waals surface area contributed by atoms with Crippen LogP contribution in [0.4, 0.5) is 0 Å². The fourth-order valence-corrected chi connectivity index (χ4v) is 2.35. The Labute approximate surface area is 143 Å². The van der Waals surface area contributed by atoms with Crippen LogP contribution in [0.5, 0.6) is 5.75 Å². The maximum absolute atomic E-state index is 11.6. The van der Waals surface area contributed by atoms with E-state index < -0.39 is 0 Å². The lowest BCUT2D eigenvalue weighted by molar-refractivity contribution is -0.122. The molecule has 0 bridgehead atoms. The van der Waals surface area contributed by atoms with E-state index in [4.69, 9.17) is 16.3 Å². The summed E-state index contributed by atoms with van der Waals surface area (Å²) in [5.41, 5.74) is 0. The minimum atomic E-state index is -0.0590.